The van der Waals surface area contributed by atoms with Crippen molar-refractivity contribution in [2.75, 3.05) is 20.2 Å². The topological polar surface area (TPSA) is 110 Å². The lowest BCUT2D eigenvalue weighted by Crippen LogP contribution is -2.29. The van der Waals surface area contributed by atoms with Crippen LogP contribution >= 0.6 is 0 Å². The average Bonchev–Trinajstić information content (AvgIpc) is 2.85. The fraction of sp³-hybridized carbons (Fsp3) is 0.455. The highest BCUT2D eigenvalue weighted by Gasteiger charge is 2.33. The van der Waals surface area contributed by atoms with E-state index >= 15 is 0 Å². The molecule has 1 N–H and O–H groups in total. The van der Waals surface area contributed by atoms with Gasteiger partial charge in [0.25, 0.3) is 0 Å². The number of aliphatic hydroxyl groups is 1. The molecule has 1 saturated heterocycles. The Morgan fingerprint density at radius 1 is 1.50 bits per heavy atom. The number of rotatable bonds is 4. The molecule has 0 bridgehead atoms. The third kappa shape index (κ3) is 2.60. The van der Waals surface area contributed by atoms with Gasteiger partial charge >= 0.3 is 5.69 Å². The highest BCUT2D eigenvalue weighted by atomic mass is 32.2. The fourth-order valence-corrected chi connectivity index (χ4v) is 3.56. The molecule has 9 heteroatoms. The normalized spacial score (nSPS) is 20.0. The molecule has 1 aliphatic rings. The Labute approximate surface area is 115 Å². The van der Waals surface area contributed by atoms with Crippen LogP contribution in [0.1, 0.15) is 6.42 Å². The first-order valence-corrected chi connectivity index (χ1v) is 7.31. The number of hydrogen-bond donors (Lipinski definition) is 1. The molecular formula is C11H14N2O6S. The largest absolute Gasteiger partial charge is 0.490 e. The molecule has 1 aromatic rings. The maximum Gasteiger partial charge on any atom is 0.312 e. The predicted molar refractivity (Wildman–Crippen MR) is 69.0 cm³/mol. The second kappa shape index (κ2) is 5.35. The fourth-order valence-electron chi connectivity index (χ4n) is 2.05. The predicted octanol–water partition coefficient (Wildman–Crippen LogP) is 0.359. The molecule has 0 radical (unpaired) electrons. The van der Waals surface area contributed by atoms with Crippen LogP contribution in [0.5, 0.6) is 5.75 Å². The van der Waals surface area contributed by atoms with Crippen molar-refractivity contribution < 1.29 is 23.2 Å². The Kier molecular flexibility index (Phi) is 3.93. The molecule has 0 saturated carbocycles. The monoisotopic (exact) mass is 302 g/mol. The van der Waals surface area contributed by atoms with Crippen LogP contribution in [-0.4, -0.2) is 49.1 Å². The summed E-state index contributed by atoms with van der Waals surface area (Å²) in [6.45, 7) is 0.200. The minimum absolute atomic E-state index is 0.00214. The number of sulfonamides is 1. The minimum Gasteiger partial charge on any atom is -0.490 e. The van der Waals surface area contributed by atoms with Crippen LogP contribution in [0.3, 0.4) is 0 Å². The van der Waals surface area contributed by atoms with Gasteiger partial charge in [-0.3, -0.25) is 10.1 Å². The summed E-state index contributed by atoms with van der Waals surface area (Å²) in [5, 5.41) is 20.3. The lowest BCUT2D eigenvalue weighted by atomic mass is 10.3. The number of nitrogens with zero attached hydrogens (tertiary/aromatic N) is 2. The van der Waals surface area contributed by atoms with Gasteiger partial charge in [0.2, 0.25) is 10.0 Å². The Morgan fingerprint density at radius 2 is 2.20 bits per heavy atom. The molecule has 1 aromatic carbocycles. The minimum atomic E-state index is -3.84. The molecular weight excluding hydrogens is 288 g/mol. The van der Waals surface area contributed by atoms with E-state index in [0.717, 1.165) is 10.4 Å². The Balaban J connectivity index is 2.42. The van der Waals surface area contributed by atoms with Gasteiger partial charge < -0.3 is 9.84 Å². The van der Waals surface area contributed by atoms with E-state index in [9.17, 15) is 23.6 Å². The van der Waals surface area contributed by atoms with Crippen molar-refractivity contribution in [2.45, 2.75) is 17.4 Å². The number of aliphatic hydroxyl groups excluding tert-OH is 1. The van der Waals surface area contributed by atoms with Crippen LogP contribution in [0.4, 0.5) is 5.69 Å². The number of nitro groups is 1. The number of β-amino-alcohol motifs (C(OH)–C–C–N with tert-alkyl or cyclic N) is 1. The first kappa shape index (κ1) is 14.7. The van der Waals surface area contributed by atoms with Gasteiger partial charge in [-0.2, -0.15) is 4.31 Å². The molecule has 2 rings (SSSR count). The Hall–Kier alpha value is -1.71. The van der Waals surface area contributed by atoms with E-state index in [2.05, 4.69) is 0 Å². The summed E-state index contributed by atoms with van der Waals surface area (Å²) in [7, 11) is -2.57. The van der Waals surface area contributed by atoms with Gasteiger partial charge in [-0.25, -0.2) is 8.42 Å². The molecule has 110 valence electrons. The van der Waals surface area contributed by atoms with E-state index in [1.165, 1.54) is 19.2 Å². The number of hydrogen-bond acceptors (Lipinski definition) is 6. The lowest BCUT2D eigenvalue weighted by molar-refractivity contribution is -0.386. The van der Waals surface area contributed by atoms with Crippen LogP contribution < -0.4 is 4.74 Å². The van der Waals surface area contributed by atoms with Gasteiger partial charge in [0.15, 0.2) is 5.75 Å². The Bertz CT molecular complexity index is 630. The summed E-state index contributed by atoms with van der Waals surface area (Å²) in [5.41, 5.74) is -0.409. The zero-order valence-electron chi connectivity index (χ0n) is 10.7. The van der Waals surface area contributed by atoms with E-state index in [-0.39, 0.29) is 23.7 Å². The lowest BCUT2D eigenvalue weighted by Gasteiger charge is -2.15. The summed E-state index contributed by atoms with van der Waals surface area (Å²) in [6.07, 6.45) is -0.338. The smallest absolute Gasteiger partial charge is 0.312 e. The van der Waals surface area contributed by atoms with Crippen molar-refractivity contribution in [3.8, 4) is 5.75 Å². The second-order valence-corrected chi connectivity index (χ2v) is 6.33. The van der Waals surface area contributed by atoms with Gasteiger partial charge in [-0.05, 0) is 18.6 Å². The van der Waals surface area contributed by atoms with E-state index in [1.54, 1.807) is 0 Å². The molecule has 1 fully saturated rings. The van der Waals surface area contributed by atoms with Crippen molar-refractivity contribution >= 4 is 15.7 Å². The van der Waals surface area contributed by atoms with Gasteiger partial charge in [-0.15, -0.1) is 0 Å². The van der Waals surface area contributed by atoms with Gasteiger partial charge in [-0.1, -0.05) is 0 Å². The summed E-state index contributed by atoms with van der Waals surface area (Å²) < 4.78 is 30.6. The van der Waals surface area contributed by atoms with Crippen LogP contribution in [0, 0.1) is 10.1 Å². The summed E-state index contributed by atoms with van der Waals surface area (Å²) in [6, 6.07) is 3.47. The van der Waals surface area contributed by atoms with Crippen LogP contribution in [0.2, 0.25) is 0 Å². The molecule has 1 aliphatic heterocycles. The molecule has 8 nitrogen and oxygen atoms in total. The molecule has 0 aliphatic carbocycles. The first-order valence-electron chi connectivity index (χ1n) is 5.87. The molecule has 0 spiro atoms. The summed E-state index contributed by atoms with van der Waals surface area (Å²) in [4.78, 5) is 10.0. The molecule has 0 amide bonds. The van der Waals surface area contributed by atoms with Gasteiger partial charge in [0, 0.05) is 19.2 Å². The van der Waals surface area contributed by atoms with Crippen molar-refractivity contribution in [1.29, 1.82) is 0 Å². The molecule has 0 unspecified atom stereocenters. The molecule has 20 heavy (non-hydrogen) atoms. The summed E-state index contributed by atoms with van der Waals surface area (Å²) in [5.74, 6) is -0.00425. The zero-order chi connectivity index (χ0) is 14.9. The molecule has 1 atom stereocenters. The van der Waals surface area contributed by atoms with Crippen LogP contribution in [0.25, 0.3) is 0 Å². The van der Waals surface area contributed by atoms with E-state index in [1.807, 2.05) is 0 Å². The quantitative estimate of drug-likeness (QED) is 0.635. The zero-order valence-corrected chi connectivity index (χ0v) is 11.5. The van der Waals surface area contributed by atoms with Crippen LogP contribution in [-0.2, 0) is 10.0 Å². The average molecular weight is 302 g/mol. The van der Waals surface area contributed by atoms with Crippen molar-refractivity contribution in [3.05, 3.63) is 28.3 Å². The van der Waals surface area contributed by atoms with Gasteiger partial charge in [0.1, 0.15) is 0 Å². The number of methoxy groups -OCH3 is 1. The van der Waals surface area contributed by atoms with Gasteiger partial charge in [0.05, 0.1) is 23.0 Å². The SMILES string of the molecule is COc1ccc(S(=O)(=O)N2CC[C@@H](O)C2)cc1[N+](=O)[O-]. The van der Waals surface area contributed by atoms with E-state index < -0.39 is 26.7 Å². The maximum absolute atomic E-state index is 12.3. The highest BCUT2D eigenvalue weighted by Crippen LogP contribution is 2.31. The molecule has 0 aromatic heterocycles. The van der Waals surface area contributed by atoms with E-state index in [0.29, 0.717) is 6.42 Å². The van der Waals surface area contributed by atoms with Crippen molar-refractivity contribution in [3.63, 3.8) is 0 Å². The third-order valence-corrected chi connectivity index (χ3v) is 4.97. The van der Waals surface area contributed by atoms with Crippen LogP contribution in [0.15, 0.2) is 23.1 Å². The van der Waals surface area contributed by atoms with Crippen molar-refractivity contribution in [1.82, 2.24) is 4.31 Å². The summed E-state index contributed by atoms with van der Waals surface area (Å²) >= 11 is 0. The number of ether oxygens (including phenoxy) is 1. The second-order valence-electron chi connectivity index (χ2n) is 4.40. The highest BCUT2D eigenvalue weighted by molar-refractivity contribution is 7.89. The third-order valence-electron chi connectivity index (χ3n) is 3.11. The number of nitro benzene ring substituents is 1. The van der Waals surface area contributed by atoms with Crippen molar-refractivity contribution in [2.24, 2.45) is 0 Å². The Morgan fingerprint density at radius 3 is 2.70 bits per heavy atom. The standard InChI is InChI=1S/C11H14N2O6S/c1-19-11-3-2-9(6-10(11)13(15)16)20(17,18)12-5-4-8(14)7-12/h2-3,6,8,14H,4-5,7H2,1H3/t8-/m1/s1. The van der Waals surface area contributed by atoms with E-state index in [4.69, 9.17) is 4.74 Å². The number of benzene rings is 1. The first-order chi connectivity index (χ1) is 9.36. The maximum atomic E-state index is 12.3. The molecule has 1 heterocycles.